The van der Waals surface area contributed by atoms with Crippen LogP contribution in [0.3, 0.4) is 0 Å². The minimum Gasteiger partial charge on any atom is -0.314 e. The van der Waals surface area contributed by atoms with Gasteiger partial charge in [-0.2, -0.15) is 0 Å². The third kappa shape index (κ3) is 3.29. The van der Waals surface area contributed by atoms with Crippen molar-refractivity contribution >= 4 is 0 Å². The third-order valence-corrected chi connectivity index (χ3v) is 3.09. The van der Waals surface area contributed by atoms with E-state index < -0.39 is 0 Å². The van der Waals surface area contributed by atoms with Crippen LogP contribution in [0.15, 0.2) is 24.3 Å². The number of rotatable bonds is 4. The van der Waals surface area contributed by atoms with Crippen molar-refractivity contribution in [2.75, 3.05) is 32.7 Å². The fourth-order valence-electron chi connectivity index (χ4n) is 2.13. The lowest BCUT2D eigenvalue weighted by molar-refractivity contribution is 0.238. The molecule has 0 atom stereocenters. The van der Waals surface area contributed by atoms with E-state index in [-0.39, 0.29) is 5.82 Å². The Labute approximate surface area is 96.5 Å². The lowest BCUT2D eigenvalue weighted by Crippen LogP contribution is -2.43. The second-order valence-corrected chi connectivity index (χ2v) is 4.29. The Morgan fingerprint density at radius 2 is 1.94 bits per heavy atom. The van der Waals surface area contributed by atoms with Gasteiger partial charge in [-0.05, 0) is 31.0 Å². The molecule has 1 saturated heterocycles. The van der Waals surface area contributed by atoms with Crippen LogP contribution in [0.4, 0.5) is 4.39 Å². The summed E-state index contributed by atoms with van der Waals surface area (Å²) < 4.78 is 13.3. The highest BCUT2D eigenvalue weighted by molar-refractivity contribution is 5.17. The Kier molecular flexibility index (Phi) is 4.31. The van der Waals surface area contributed by atoms with Crippen molar-refractivity contribution < 1.29 is 4.39 Å². The van der Waals surface area contributed by atoms with Crippen LogP contribution in [0.1, 0.15) is 12.0 Å². The predicted molar refractivity (Wildman–Crippen MR) is 64.0 cm³/mol. The summed E-state index contributed by atoms with van der Waals surface area (Å²) in [4.78, 5) is 2.44. The number of benzene rings is 1. The number of halogens is 1. The summed E-state index contributed by atoms with van der Waals surface area (Å²) in [5.41, 5.74) is 0.845. The third-order valence-electron chi connectivity index (χ3n) is 3.09. The van der Waals surface area contributed by atoms with Gasteiger partial charge in [0.15, 0.2) is 0 Å². The number of hydrogen-bond acceptors (Lipinski definition) is 2. The lowest BCUT2D eigenvalue weighted by atomic mass is 10.1. The molecule has 0 bridgehead atoms. The maximum Gasteiger partial charge on any atom is 0.126 e. The van der Waals surface area contributed by atoms with E-state index in [4.69, 9.17) is 0 Å². The van der Waals surface area contributed by atoms with Crippen LogP contribution in [0.25, 0.3) is 0 Å². The van der Waals surface area contributed by atoms with Crippen molar-refractivity contribution in [1.29, 1.82) is 0 Å². The Bertz CT molecular complexity index is 321. The summed E-state index contributed by atoms with van der Waals surface area (Å²) in [6.45, 7) is 5.49. The molecule has 0 amide bonds. The first-order chi connectivity index (χ1) is 7.86. The summed E-state index contributed by atoms with van der Waals surface area (Å²) in [5.74, 6) is -0.0668. The largest absolute Gasteiger partial charge is 0.314 e. The van der Waals surface area contributed by atoms with Crippen LogP contribution in [0, 0.1) is 5.82 Å². The van der Waals surface area contributed by atoms with Crippen LogP contribution in [0.5, 0.6) is 0 Å². The van der Waals surface area contributed by atoms with Gasteiger partial charge in [0.2, 0.25) is 0 Å². The van der Waals surface area contributed by atoms with Gasteiger partial charge in [-0.25, -0.2) is 4.39 Å². The molecule has 1 fully saturated rings. The van der Waals surface area contributed by atoms with Gasteiger partial charge in [-0.1, -0.05) is 18.2 Å². The molecule has 88 valence electrons. The van der Waals surface area contributed by atoms with Crippen molar-refractivity contribution in [3.05, 3.63) is 35.6 Å². The van der Waals surface area contributed by atoms with Crippen LogP contribution in [-0.2, 0) is 6.42 Å². The van der Waals surface area contributed by atoms with Gasteiger partial charge >= 0.3 is 0 Å². The molecule has 0 aromatic heterocycles. The van der Waals surface area contributed by atoms with Crippen LogP contribution >= 0.6 is 0 Å². The van der Waals surface area contributed by atoms with Gasteiger partial charge in [-0.3, -0.25) is 0 Å². The summed E-state index contributed by atoms with van der Waals surface area (Å²) in [6, 6.07) is 7.08. The molecule has 2 nitrogen and oxygen atoms in total. The van der Waals surface area contributed by atoms with Crippen LogP contribution in [0.2, 0.25) is 0 Å². The van der Waals surface area contributed by atoms with E-state index >= 15 is 0 Å². The molecule has 0 saturated carbocycles. The minimum atomic E-state index is -0.0668. The lowest BCUT2D eigenvalue weighted by Gasteiger charge is -2.27. The second-order valence-electron chi connectivity index (χ2n) is 4.29. The molecule has 0 aliphatic carbocycles. The maximum absolute atomic E-state index is 13.3. The molecular weight excluding hydrogens is 203 g/mol. The quantitative estimate of drug-likeness (QED) is 0.833. The van der Waals surface area contributed by atoms with Gasteiger partial charge in [0.25, 0.3) is 0 Å². The fraction of sp³-hybridized carbons (Fsp3) is 0.538. The van der Waals surface area contributed by atoms with Gasteiger partial charge in [-0.15, -0.1) is 0 Å². The summed E-state index contributed by atoms with van der Waals surface area (Å²) in [7, 11) is 0. The molecule has 1 aromatic carbocycles. The molecule has 0 unspecified atom stereocenters. The Morgan fingerprint density at radius 1 is 1.19 bits per heavy atom. The van der Waals surface area contributed by atoms with Crippen LogP contribution < -0.4 is 5.32 Å². The van der Waals surface area contributed by atoms with E-state index in [9.17, 15) is 4.39 Å². The number of hydrogen-bond donors (Lipinski definition) is 1. The average Bonchev–Trinajstić information content (AvgIpc) is 2.33. The van der Waals surface area contributed by atoms with Crippen molar-refractivity contribution in [2.45, 2.75) is 12.8 Å². The first-order valence-corrected chi connectivity index (χ1v) is 6.03. The van der Waals surface area contributed by atoms with Crippen molar-refractivity contribution in [2.24, 2.45) is 0 Å². The summed E-state index contributed by atoms with van der Waals surface area (Å²) in [5, 5.41) is 3.33. The zero-order valence-corrected chi connectivity index (χ0v) is 9.58. The van der Waals surface area contributed by atoms with Crippen molar-refractivity contribution in [1.82, 2.24) is 10.2 Å². The monoisotopic (exact) mass is 222 g/mol. The highest BCUT2D eigenvalue weighted by Crippen LogP contribution is 2.09. The van der Waals surface area contributed by atoms with Crippen molar-refractivity contribution in [3.8, 4) is 0 Å². The highest BCUT2D eigenvalue weighted by Gasteiger charge is 2.09. The highest BCUT2D eigenvalue weighted by atomic mass is 19.1. The topological polar surface area (TPSA) is 15.3 Å². The molecule has 2 rings (SSSR count). The molecule has 16 heavy (non-hydrogen) atoms. The fourth-order valence-corrected chi connectivity index (χ4v) is 2.13. The van der Waals surface area contributed by atoms with Gasteiger partial charge in [0.1, 0.15) is 5.82 Å². The van der Waals surface area contributed by atoms with Crippen LogP contribution in [-0.4, -0.2) is 37.6 Å². The molecule has 1 aliphatic rings. The standard InChI is InChI=1S/C13H19FN2/c14-13-6-2-1-4-12(13)5-3-9-16-10-7-15-8-11-16/h1-2,4,6,15H,3,5,7-11H2. The number of piperazine rings is 1. The Hall–Kier alpha value is -0.930. The predicted octanol–water partition coefficient (Wildman–Crippen LogP) is 1.66. The summed E-state index contributed by atoms with van der Waals surface area (Å²) >= 11 is 0. The molecule has 1 aromatic rings. The van der Waals surface area contributed by atoms with E-state index in [1.54, 1.807) is 12.1 Å². The number of aryl methyl sites for hydroxylation is 1. The van der Waals surface area contributed by atoms with Crippen molar-refractivity contribution in [3.63, 3.8) is 0 Å². The molecule has 3 heteroatoms. The minimum absolute atomic E-state index is 0.0668. The second kappa shape index (κ2) is 5.97. The smallest absolute Gasteiger partial charge is 0.126 e. The zero-order valence-electron chi connectivity index (χ0n) is 9.58. The summed E-state index contributed by atoms with van der Waals surface area (Å²) in [6.07, 6.45) is 1.89. The van der Waals surface area contributed by atoms with Gasteiger partial charge in [0.05, 0.1) is 0 Å². The molecule has 0 radical (unpaired) electrons. The maximum atomic E-state index is 13.3. The molecule has 1 heterocycles. The van der Waals surface area contributed by atoms with E-state index in [1.807, 2.05) is 12.1 Å². The van der Waals surface area contributed by atoms with E-state index in [1.165, 1.54) is 0 Å². The SMILES string of the molecule is Fc1ccccc1CCCN1CCNCC1. The van der Waals surface area contributed by atoms with E-state index in [0.29, 0.717) is 0 Å². The van der Waals surface area contributed by atoms with E-state index in [0.717, 1.165) is 51.1 Å². The molecule has 1 N–H and O–H groups in total. The Balaban J connectivity index is 1.73. The molecular formula is C13H19FN2. The van der Waals surface area contributed by atoms with Gasteiger partial charge in [0, 0.05) is 26.2 Å². The molecule has 1 aliphatic heterocycles. The van der Waals surface area contributed by atoms with Gasteiger partial charge < -0.3 is 10.2 Å². The average molecular weight is 222 g/mol. The number of nitrogens with zero attached hydrogens (tertiary/aromatic N) is 1. The normalized spacial score (nSPS) is 17.6. The first kappa shape index (κ1) is 11.6. The molecule has 0 spiro atoms. The zero-order chi connectivity index (χ0) is 11.2. The van der Waals surface area contributed by atoms with E-state index in [2.05, 4.69) is 10.2 Å². The number of nitrogens with one attached hydrogen (secondary N) is 1. The Morgan fingerprint density at radius 3 is 2.69 bits per heavy atom. The first-order valence-electron chi connectivity index (χ1n) is 6.03.